The van der Waals surface area contributed by atoms with Crippen molar-refractivity contribution in [2.75, 3.05) is 25.0 Å². The van der Waals surface area contributed by atoms with Gasteiger partial charge in [0.2, 0.25) is 0 Å². The number of hydrogen-bond donors (Lipinski definition) is 0. The number of alkyl halides is 1. The average Bonchev–Trinajstić information content (AvgIpc) is 2.18. The Morgan fingerprint density at radius 3 is 2.92 bits per heavy atom. The van der Waals surface area contributed by atoms with Crippen LogP contribution in [0, 0.1) is 11.8 Å². The van der Waals surface area contributed by atoms with Gasteiger partial charge in [-0.2, -0.15) is 0 Å². The van der Waals surface area contributed by atoms with Crippen LogP contribution in [0.1, 0.15) is 33.1 Å². The molecule has 1 aliphatic heterocycles. The van der Waals surface area contributed by atoms with Crippen LogP contribution in [0.4, 0.5) is 0 Å². The molecule has 78 valence electrons. The normalized spacial score (nSPS) is 27.5. The Labute approximate surface area is 91.0 Å². The van der Waals surface area contributed by atoms with E-state index in [0.29, 0.717) is 0 Å². The number of hydrogen-bond acceptors (Lipinski definition) is 1. The highest BCUT2D eigenvalue weighted by molar-refractivity contribution is 9.09. The molecule has 0 aliphatic carbocycles. The molecule has 2 unspecified atom stereocenters. The second-order valence-corrected chi connectivity index (χ2v) is 5.08. The van der Waals surface area contributed by atoms with Crippen LogP contribution >= 0.6 is 15.9 Å². The zero-order chi connectivity index (χ0) is 9.68. The van der Waals surface area contributed by atoms with E-state index < -0.39 is 0 Å². The molecule has 0 aromatic rings. The zero-order valence-electron chi connectivity index (χ0n) is 8.93. The fourth-order valence-electron chi connectivity index (χ4n) is 2.01. The molecule has 1 rings (SSSR count). The molecular formula is C11H22BrN. The Balaban J connectivity index is 2.25. The van der Waals surface area contributed by atoms with Crippen molar-refractivity contribution >= 4 is 15.9 Å². The van der Waals surface area contributed by atoms with Crippen LogP contribution in [0.3, 0.4) is 0 Å². The third-order valence-corrected chi connectivity index (χ3v) is 4.00. The molecule has 2 heteroatoms. The third kappa shape index (κ3) is 3.99. The smallest absolute Gasteiger partial charge is 0.00718 e. The van der Waals surface area contributed by atoms with E-state index in [4.69, 9.17) is 0 Å². The van der Waals surface area contributed by atoms with Crippen molar-refractivity contribution in [2.45, 2.75) is 33.1 Å². The molecule has 1 saturated heterocycles. The molecule has 1 fully saturated rings. The van der Waals surface area contributed by atoms with Crippen LogP contribution in [0.2, 0.25) is 0 Å². The first-order chi connectivity index (χ1) is 6.26. The van der Waals surface area contributed by atoms with Gasteiger partial charge < -0.3 is 4.90 Å². The predicted molar refractivity (Wildman–Crippen MR) is 62.4 cm³/mol. The average molecular weight is 248 g/mol. The number of nitrogens with zero attached hydrogens (tertiary/aromatic N) is 1. The molecule has 0 aromatic heterocycles. The molecule has 0 aromatic carbocycles. The van der Waals surface area contributed by atoms with E-state index in [1.54, 1.807) is 0 Å². The van der Waals surface area contributed by atoms with Crippen LogP contribution in [0.15, 0.2) is 0 Å². The lowest BCUT2D eigenvalue weighted by atomic mass is 9.98. The largest absolute Gasteiger partial charge is 0.303 e. The summed E-state index contributed by atoms with van der Waals surface area (Å²) in [6.45, 7) is 8.59. The van der Waals surface area contributed by atoms with E-state index in [1.807, 2.05) is 0 Å². The second kappa shape index (κ2) is 6.02. The molecule has 0 amide bonds. The minimum Gasteiger partial charge on any atom is -0.303 e. The Morgan fingerprint density at radius 1 is 1.54 bits per heavy atom. The summed E-state index contributed by atoms with van der Waals surface area (Å²) in [5, 5.41) is 1.18. The van der Waals surface area contributed by atoms with Crippen LogP contribution < -0.4 is 0 Å². The van der Waals surface area contributed by atoms with Gasteiger partial charge >= 0.3 is 0 Å². The van der Waals surface area contributed by atoms with Gasteiger partial charge in [-0.25, -0.2) is 0 Å². The van der Waals surface area contributed by atoms with Crippen LogP contribution in [-0.2, 0) is 0 Å². The molecule has 0 radical (unpaired) electrons. The SMILES string of the molecule is CCC(C)CN1CCCC(CBr)C1. The first-order valence-corrected chi connectivity index (χ1v) is 6.66. The summed E-state index contributed by atoms with van der Waals surface area (Å²) in [5.41, 5.74) is 0. The van der Waals surface area contributed by atoms with Gasteiger partial charge in [0.1, 0.15) is 0 Å². The summed E-state index contributed by atoms with van der Waals surface area (Å²) in [7, 11) is 0. The minimum atomic E-state index is 0.870. The third-order valence-electron chi connectivity index (χ3n) is 3.09. The fraction of sp³-hybridized carbons (Fsp3) is 1.00. The first kappa shape index (κ1) is 11.5. The molecule has 0 bridgehead atoms. The standard InChI is InChI=1S/C11H22BrN/c1-3-10(2)8-13-6-4-5-11(7-12)9-13/h10-11H,3-9H2,1-2H3. The number of rotatable bonds is 4. The van der Waals surface area contributed by atoms with Crippen molar-refractivity contribution in [3.63, 3.8) is 0 Å². The quantitative estimate of drug-likeness (QED) is 0.691. The molecule has 1 heterocycles. The maximum atomic E-state index is 3.60. The summed E-state index contributed by atoms with van der Waals surface area (Å²) in [6.07, 6.45) is 4.13. The van der Waals surface area contributed by atoms with Crippen LogP contribution in [-0.4, -0.2) is 29.9 Å². The monoisotopic (exact) mass is 247 g/mol. The summed E-state index contributed by atoms with van der Waals surface area (Å²) in [4.78, 5) is 2.64. The molecular weight excluding hydrogens is 226 g/mol. The van der Waals surface area contributed by atoms with Crippen molar-refractivity contribution in [2.24, 2.45) is 11.8 Å². The van der Waals surface area contributed by atoms with Gasteiger partial charge in [-0.15, -0.1) is 0 Å². The van der Waals surface area contributed by atoms with Crippen LogP contribution in [0.5, 0.6) is 0 Å². The van der Waals surface area contributed by atoms with Crippen molar-refractivity contribution < 1.29 is 0 Å². The van der Waals surface area contributed by atoms with E-state index >= 15 is 0 Å². The van der Waals surface area contributed by atoms with E-state index in [0.717, 1.165) is 11.8 Å². The summed E-state index contributed by atoms with van der Waals surface area (Å²) < 4.78 is 0. The van der Waals surface area contributed by atoms with Crippen molar-refractivity contribution in [3.8, 4) is 0 Å². The van der Waals surface area contributed by atoms with Gasteiger partial charge in [-0.1, -0.05) is 36.2 Å². The topological polar surface area (TPSA) is 3.24 Å². The Morgan fingerprint density at radius 2 is 2.31 bits per heavy atom. The van der Waals surface area contributed by atoms with Gasteiger partial charge in [-0.05, 0) is 31.2 Å². The molecule has 2 atom stereocenters. The highest BCUT2D eigenvalue weighted by atomic mass is 79.9. The Hall–Kier alpha value is 0.440. The molecule has 0 spiro atoms. The predicted octanol–water partition coefficient (Wildman–Crippen LogP) is 3.14. The molecule has 1 nitrogen and oxygen atoms in total. The summed E-state index contributed by atoms with van der Waals surface area (Å²) >= 11 is 3.60. The lowest BCUT2D eigenvalue weighted by Gasteiger charge is -2.33. The Bertz CT molecular complexity index is 136. The number of likely N-dealkylation sites (tertiary alicyclic amines) is 1. The maximum absolute atomic E-state index is 3.60. The highest BCUT2D eigenvalue weighted by Gasteiger charge is 2.19. The maximum Gasteiger partial charge on any atom is 0.00718 e. The summed E-state index contributed by atoms with van der Waals surface area (Å²) in [5.74, 6) is 1.77. The Kier molecular flexibility index (Phi) is 5.34. The van der Waals surface area contributed by atoms with Gasteiger partial charge in [0.05, 0.1) is 0 Å². The number of halogens is 1. The van der Waals surface area contributed by atoms with Gasteiger partial charge in [0.15, 0.2) is 0 Å². The lowest BCUT2D eigenvalue weighted by Crippen LogP contribution is -2.38. The number of piperidine rings is 1. The lowest BCUT2D eigenvalue weighted by molar-refractivity contribution is 0.164. The fourth-order valence-corrected chi connectivity index (χ4v) is 2.54. The van der Waals surface area contributed by atoms with E-state index in [2.05, 4.69) is 34.7 Å². The van der Waals surface area contributed by atoms with Crippen molar-refractivity contribution in [1.29, 1.82) is 0 Å². The van der Waals surface area contributed by atoms with Crippen molar-refractivity contribution in [3.05, 3.63) is 0 Å². The minimum absolute atomic E-state index is 0.870. The van der Waals surface area contributed by atoms with E-state index in [9.17, 15) is 0 Å². The van der Waals surface area contributed by atoms with Gasteiger partial charge in [0.25, 0.3) is 0 Å². The highest BCUT2D eigenvalue weighted by Crippen LogP contribution is 2.19. The summed E-state index contributed by atoms with van der Waals surface area (Å²) in [6, 6.07) is 0. The van der Waals surface area contributed by atoms with E-state index in [1.165, 1.54) is 44.2 Å². The van der Waals surface area contributed by atoms with E-state index in [-0.39, 0.29) is 0 Å². The first-order valence-electron chi connectivity index (χ1n) is 5.54. The van der Waals surface area contributed by atoms with Crippen molar-refractivity contribution in [1.82, 2.24) is 4.90 Å². The molecule has 0 N–H and O–H groups in total. The molecule has 13 heavy (non-hydrogen) atoms. The van der Waals surface area contributed by atoms with Crippen LogP contribution in [0.25, 0.3) is 0 Å². The molecule has 0 saturated carbocycles. The van der Waals surface area contributed by atoms with Gasteiger partial charge in [0, 0.05) is 18.4 Å². The van der Waals surface area contributed by atoms with Gasteiger partial charge in [-0.3, -0.25) is 0 Å². The molecule has 1 aliphatic rings. The second-order valence-electron chi connectivity index (χ2n) is 4.44. The zero-order valence-corrected chi connectivity index (χ0v) is 10.5.